The molecule has 0 radical (unpaired) electrons. The van der Waals surface area contributed by atoms with Gasteiger partial charge in [-0.25, -0.2) is 4.98 Å². The average Bonchev–Trinajstić information content (AvgIpc) is 3.26. The summed E-state index contributed by atoms with van der Waals surface area (Å²) < 4.78 is 0. The number of thiazole rings is 1. The number of hydrogen-bond acceptors (Lipinski definition) is 5. The highest BCUT2D eigenvalue weighted by Crippen LogP contribution is 2.24. The van der Waals surface area contributed by atoms with E-state index in [0.29, 0.717) is 12.1 Å². The molecule has 0 aliphatic heterocycles. The molecule has 25 heavy (non-hydrogen) atoms. The van der Waals surface area contributed by atoms with E-state index in [0.717, 1.165) is 22.0 Å². The molecule has 1 aromatic carbocycles. The first-order valence-electron chi connectivity index (χ1n) is 7.74. The number of aryl methyl sites for hydroxylation is 1. The Morgan fingerprint density at radius 1 is 1.20 bits per heavy atom. The fraction of sp³-hybridized carbons (Fsp3) is 0.167. The summed E-state index contributed by atoms with van der Waals surface area (Å²) in [7, 11) is 0. The third kappa shape index (κ3) is 4.74. The lowest BCUT2D eigenvalue weighted by molar-refractivity contribution is -0.116. The van der Waals surface area contributed by atoms with Crippen molar-refractivity contribution in [3.8, 4) is 11.3 Å². The maximum atomic E-state index is 12.1. The molecule has 0 saturated carbocycles. The zero-order chi connectivity index (χ0) is 17.6. The molecule has 2 N–H and O–H groups in total. The number of thiophene rings is 1. The van der Waals surface area contributed by atoms with Crippen LogP contribution in [0.15, 0.2) is 46.5 Å². The first kappa shape index (κ1) is 17.3. The summed E-state index contributed by atoms with van der Waals surface area (Å²) in [6.45, 7) is 2.26. The molecule has 0 aliphatic rings. The van der Waals surface area contributed by atoms with Gasteiger partial charge in [0.05, 0.1) is 10.7 Å². The van der Waals surface area contributed by atoms with Gasteiger partial charge in [0, 0.05) is 40.5 Å². The van der Waals surface area contributed by atoms with Crippen LogP contribution in [0.2, 0.25) is 0 Å². The molecule has 3 aromatic rings. The SMILES string of the molecule is Cc1nc(-c2cccc(NC(=O)CCNC(=O)c3ccsc3)c2)cs1. The molecule has 0 atom stereocenters. The van der Waals surface area contributed by atoms with Crippen LogP contribution in [0.5, 0.6) is 0 Å². The average molecular weight is 371 g/mol. The zero-order valence-corrected chi connectivity index (χ0v) is 15.2. The fourth-order valence-corrected chi connectivity index (χ4v) is 3.52. The summed E-state index contributed by atoms with van der Waals surface area (Å²) in [5.74, 6) is -0.299. The van der Waals surface area contributed by atoms with Gasteiger partial charge in [-0.2, -0.15) is 11.3 Å². The Bertz CT molecular complexity index is 872. The van der Waals surface area contributed by atoms with Crippen LogP contribution in [0, 0.1) is 6.92 Å². The first-order chi connectivity index (χ1) is 12.1. The van der Waals surface area contributed by atoms with E-state index < -0.39 is 0 Å². The molecule has 3 rings (SSSR count). The van der Waals surface area contributed by atoms with Crippen molar-refractivity contribution < 1.29 is 9.59 Å². The number of carbonyl (C=O) groups is 2. The van der Waals surface area contributed by atoms with Crippen LogP contribution in [-0.4, -0.2) is 23.3 Å². The van der Waals surface area contributed by atoms with E-state index in [1.165, 1.54) is 11.3 Å². The van der Waals surface area contributed by atoms with Crippen molar-refractivity contribution in [3.63, 3.8) is 0 Å². The second kappa shape index (κ2) is 8.04. The Kier molecular flexibility index (Phi) is 5.57. The van der Waals surface area contributed by atoms with Crippen LogP contribution >= 0.6 is 22.7 Å². The largest absolute Gasteiger partial charge is 0.351 e. The summed E-state index contributed by atoms with van der Waals surface area (Å²) in [5, 5.41) is 12.2. The molecule has 0 bridgehead atoms. The fourth-order valence-electron chi connectivity index (χ4n) is 2.26. The van der Waals surface area contributed by atoms with Crippen LogP contribution in [-0.2, 0) is 4.79 Å². The highest BCUT2D eigenvalue weighted by atomic mass is 32.1. The van der Waals surface area contributed by atoms with Gasteiger partial charge in [-0.3, -0.25) is 9.59 Å². The summed E-state index contributed by atoms with van der Waals surface area (Å²) in [6, 6.07) is 9.34. The minimum absolute atomic E-state index is 0.141. The molecule has 7 heteroatoms. The molecule has 0 saturated heterocycles. The number of hydrogen-bond donors (Lipinski definition) is 2. The predicted octanol–water partition coefficient (Wildman–Crippen LogP) is 3.94. The smallest absolute Gasteiger partial charge is 0.252 e. The molecule has 2 aromatic heterocycles. The van der Waals surface area contributed by atoms with E-state index in [1.54, 1.807) is 22.8 Å². The molecule has 0 spiro atoms. The van der Waals surface area contributed by atoms with E-state index in [1.807, 2.05) is 41.9 Å². The molecular formula is C18H17N3O2S2. The molecule has 5 nitrogen and oxygen atoms in total. The number of benzene rings is 1. The Morgan fingerprint density at radius 3 is 2.80 bits per heavy atom. The normalized spacial score (nSPS) is 10.4. The minimum atomic E-state index is -0.157. The van der Waals surface area contributed by atoms with Gasteiger partial charge < -0.3 is 10.6 Å². The van der Waals surface area contributed by atoms with Gasteiger partial charge in [0.15, 0.2) is 0 Å². The maximum Gasteiger partial charge on any atom is 0.252 e. The van der Waals surface area contributed by atoms with Crippen molar-refractivity contribution in [1.29, 1.82) is 0 Å². The highest BCUT2D eigenvalue weighted by molar-refractivity contribution is 7.09. The van der Waals surface area contributed by atoms with Crippen molar-refractivity contribution in [2.24, 2.45) is 0 Å². The molecular weight excluding hydrogens is 354 g/mol. The standard InChI is InChI=1S/C18H17N3O2S2/c1-12-20-16(11-25-12)13-3-2-4-15(9-13)21-17(22)5-7-19-18(23)14-6-8-24-10-14/h2-4,6,8-11H,5,7H2,1H3,(H,19,23)(H,21,22). The number of amides is 2. The van der Waals surface area contributed by atoms with E-state index in [2.05, 4.69) is 15.6 Å². The third-order valence-electron chi connectivity index (χ3n) is 3.48. The lowest BCUT2D eigenvalue weighted by Crippen LogP contribution is -2.27. The minimum Gasteiger partial charge on any atom is -0.351 e. The number of nitrogens with zero attached hydrogens (tertiary/aromatic N) is 1. The molecule has 2 amide bonds. The first-order valence-corrected chi connectivity index (χ1v) is 9.57. The van der Waals surface area contributed by atoms with Crippen molar-refractivity contribution >= 4 is 40.2 Å². The van der Waals surface area contributed by atoms with Gasteiger partial charge in [0.1, 0.15) is 0 Å². The van der Waals surface area contributed by atoms with E-state index in [9.17, 15) is 9.59 Å². The molecule has 0 fully saturated rings. The van der Waals surface area contributed by atoms with Crippen molar-refractivity contribution in [2.75, 3.05) is 11.9 Å². The van der Waals surface area contributed by atoms with E-state index in [-0.39, 0.29) is 18.2 Å². The van der Waals surface area contributed by atoms with Gasteiger partial charge in [-0.05, 0) is 30.5 Å². The second-order valence-electron chi connectivity index (χ2n) is 5.40. The second-order valence-corrected chi connectivity index (χ2v) is 7.24. The number of anilines is 1. The Labute approximate surface area is 153 Å². The summed E-state index contributed by atoms with van der Waals surface area (Å²) in [5.41, 5.74) is 3.21. The van der Waals surface area contributed by atoms with Crippen LogP contribution in [0.4, 0.5) is 5.69 Å². The topological polar surface area (TPSA) is 71.1 Å². The summed E-state index contributed by atoms with van der Waals surface area (Å²) in [4.78, 5) is 28.3. The lowest BCUT2D eigenvalue weighted by atomic mass is 10.1. The number of carbonyl (C=O) groups excluding carboxylic acids is 2. The lowest BCUT2D eigenvalue weighted by Gasteiger charge is -2.07. The quantitative estimate of drug-likeness (QED) is 0.689. The molecule has 128 valence electrons. The third-order valence-corrected chi connectivity index (χ3v) is 4.94. The highest BCUT2D eigenvalue weighted by Gasteiger charge is 2.08. The van der Waals surface area contributed by atoms with Gasteiger partial charge in [-0.1, -0.05) is 12.1 Å². The Balaban J connectivity index is 1.52. The molecule has 2 heterocycles. The van der Waals surface area contributed by atoms with Crippen molar-refractivity contribution in [3.05, 3.63) is 57.0 Å². The summed E-state index contributed by atoms with van der Waals surface area (Å²) in [6.07, 6.45) is 0.218. The van der Waals surface area contributed by atoms with Crippen LogP contribution in [0.25, 0.3) is 11.3 Å². The zero-order valence-electron chi connectivity index (χ0n) is 13.6. The van der Waals surface area contributed by atoms with Gasteiger partial charge in [0.25, 0.3) is 5.91 Å². The monoisotopic (exact) mass is 371 g/mol. The molecule has 0 aliphatic carbocycles. The van der Waals surface area contributed by atoms with Crippen LogP contribution in [0.3, 0.4) is 0 Å². The molecule has 0 unspecified atom stereocenters. The van der Waals surface area contributed by atoms with Gasteiger partial charge in [0.2, 0.25) is 5.91 Å². The number of aromatic nitrogens is 1. The predicted molar refractivity (Wildman–Crippen MR) is 102 cm³/mol. The van der Waals surface area contributed by atoms with Crippen molar-refractivity contribution in [2.45, 2.75) is 13.3 Å². The number of nitrogens with one attached hydrogen (secondary N) is 2. The van der Waals surface area contributed by atoms with E-state index >= 15 is 0 Å². The van der Waals surface area contributed by atoms with Gasteiger partial charge in [-0.15, -0.1) is 11.3 Å². The van der Waals surface area contributed by atoms with E-state index in [4.69, 9.17) is 0 Å². The van der Waals surface area contributed by atoms with Crippen LogP contribution < -0.4 is 10.6 Å². The Hall–Kier alpha value is -2.51. The van der Waals surface area contributed by atoms with Crippen LogP contribution in [0.1, 0.15) is 21.8 Å². The Morgan fingerprint density at radius 2 is 2.08 bits per heavy atom. The van der Waals surface area contributed by atoms with Crippen molar-refractivity contribution in [1.82, 2.24) is 10.3 Å². The summed E-state index contributed by atoms with van der Waals surface area (Å²) >= 11 is 3.06. The number of rotatable bonds is 6. The van der Waals surface area contributed by atoms with Gasteiger partial charge >= 0.3 is 0 Å². The maximum absolute atomic E-state index is 12.1.